The first-order valence-electron chi connectivity index (χ1n) is 9.59. The van der Waals surface area contributed by atoms with Crippen molar-refractivity contribution in [2.75, 3.05) is 32.9 Å². The molecule has 1 heterocycles. The van der Waals surface area contributed by atoms with E-state index < -0.39 is 23.1 Å². The quantitative estimate of drug-likeness (QED) is 0.474. The summed E-state index contributed by atoms with van der Waals surface area (Å²) in [5, 5.41) is 5.29. The molecule has 1 aliphatic heterocycles. The van der Waals surface area contributed by atoms with Gasteiger partial charge in [-0.25, -0.2) is 8.78 Å². The van der Waals surface area contributed by atoms with Crippen molar-refractivity contribution in [1.29, 1.82) is 0 Å². The lowest BCUT2D eigenvalue weighted by Gasteiger charge is -2.14. The first kappa shape index (κ1) is 24.0. The van der Waals surface area contributed by atoms with Gasteiger partial charge in [-0.15, -0.1) is 0 Å². The topological polar surface area (TPSA) is 89.2 Å². The summed E-state index contributed by atoms with van der Waals surface area (Å²) in [7, 11) is 0. The molecule has 1 unspecified atom stereocenters. The Kier molecular flexibility index (Phi) is 8.11. The molecule has 1 fully saturated rings. The van der Waals surface area contributed by atoms with Crippen molar-refractivity contribution in [3.8, 4) is 11.5 Å². The zero-order valence-electron chi connectivity index (χ0n) is 16.8. The Morgan fingerprint density at radius 2 is 1.44 bits per heavy atom. The highest BCUT2D eigenvalue weighted by Crippen LogP contribution is 2.29. The van der Waals surface area contributed by atoms with Crippen LogP contribution in [0.1, 0.15) is 6.42 Å². The second kappa shape index (κ2) is 10.8. The zero-order valence-corrected chi connectivity index (χ0v) is 18.3. The molecular weight excluding hydrogens is 469 g/mol. The minimum atomic E-state index is -0.636. The normalized spacial score (nSPS) is 16.9. The Morgan fingerprint density at radius 3 is 1.91 bits per heavy atom. The number of carbonyl (C=O) groups is 2. The standard InChI is InChI=1S/C21H20Cl2F2N2O5/c22-15-3-1-13(7-17(15)24)30-9-19(28)26-6-5-21(12-32-21)11-27-20(29)10-31-14-2-4-16(23)18(25)8-14/h1-4,7-8H,5-6,9-12H2,(H,26,28)(H,27,29). The van der Waals surface area contributed by atoms with E-state index in [9.17, 15) is 18.4 Å². The first-order chi connectivity index (χ1) is 15.3. The van der Waals surface area contributed by atoms with Gasteiger partial charge in [0.1, 0.15) is 28.7 Å². The van der Waals surface area contributed by atoms with E-state index in [1.807, 2.05) is 0 Å². The fraction of sp³-hybridized carbons (Fsp3) is 0.333. The van der Waals surface area contributed by atoms with E-state index in [-0.39, 0.29) is 47.2 Å². The molecule has 32 heavy (non-hydrogen) atoms. The Morgan fingerprint density at radius 1 is 0.938 bits per heavy atom. The van der Waals surface area contributed by atoms with Gasteiger partial charge in [0, 0.05) is 25.2 Å². The van der Waals surface area contributed by atoms with Crippen molar-refractivity contribution in [2.24, 2.45) is 0 Å². The summed E-state index contributed by atoms with van der Waals surface area (Å²) in [4.78, 5) is 23.8. The largest absolute Gasteiger partial charge is 0.484 e. The molecule has 0 aromatic heterocycles. The molecule has 3 rings (SSSR count). The lowest BCUT2D eigenvalue weighted by atomic mass is 10.1. The SMILES string of the molecule is O=C(COc1ccc(Cl)c(F)c1)NCCC1(CNC(=O)COc2ccc(Cl)c(F)c2)CO1. The van der Waals surface area contributed by atoms with Crippen molar-refractivity contribution in [1.82, 2.24) is 10.6 Å². The van der Waals surface area contributed by atoms with Crippen LogP contribution in [0.25, 0.3) is 0 Å². The average molecular weight is 489 g/mol. The van der Waals surface area contributed by atoms with Gasteiger partial charge in [0.2, 0.25) is 0 Å². The van der Waals surface area contributed by atoms with E-state index >= 15 is 0 Å². The third kappa shape index (κ3) is 7.22. The van der Waals surface area contributed by atoms with Crippen molar-refractivity contribution >= 4 is 35.0 Å². The van der Waals surface area contributed by atoms with Crippen LogP contribution in [0, 0.1) is 11.6 Å². The van der Waals surface area contributed by atoms with E-state index in [0.29, 0.717) is 19.6 Å². The molecule has 1 atom stereocenters. The molecule has 1 saturated heterocycles. The Labute approximate surface area is 192 Å². The van der Waals surface area contributed by atoms with Crippen LogP contribution in [0.4, 0.5) is 8.78 Å². The second-order valence-electron chi connectivity index (χ2n) is 7.08. The highest BCUT2D eigenvalue weighted by atomic mass is 35.5. The maximum Gasteiger partial charge on any atom is 0.258 e. The van der Waals surface area contributed by atoms with E-state index in [4.69, 9.17) is 37.4 Å². The molecule has 0 bridgehead atoms. The second-order valence-corrected chi connectivity index (χ2v) is 7.89. The predicted molar refractivity (Wildman–Crippen MR) is 113 cm³/mol. The number of amides is 2. The molecule has 11 heteroatoms. The Bertz CT molecular complexity index is 989. The smallest absolute Gasteiger partial charge is 0.258 e. The lowest BCUT2D eigenvalue weighted by molar-refractivity contribution is -0.124. The van der Waals surface area contributed by atoms with Crippen molar-refractivity contribution in [2.45, 2.75) is 12.0 Å². The summed E-state index contributed by atoms with van der Waals surface area (Å²) in [6.07, 6.45) is 0.470. The summed E-state index contributed by atoms with van der Waals surface area (Å²) >= 11 is 11.2. The lowest BCUT2D eigenvalue weighted by Crippen LogP contribution is -2.39. The van der Waals surface area contributed by atoms with Crippen LogP contribution in [0.5, 0.6) is 11.5 Å². The van der Waals surface area contributed by atoms with Gasteiger partial charge >= 0.3 is 0 Å². The van der Waals surface area contributed by atoms with Crippen molar-refractivity contribution in [3.63, 3.8) is 0 Å². The van der Waals surface area contributed by atoms with Crippen LogP contribution in [0.3, 0.4) is 0 Å². The number of ether oxygens (including phenoxy) is 3. The third-order valence-corrected chi connectivity index (χ3v) is 5.20. The molecule has 1 aliphatic rings. The number of carbonyl (C=O) groups excluding carboxylic acids is 2. The fourth-order valence-electron chi connectivity index (χ4n) is 2.66. The molecule has 2 aromatic rings. The van der Waals surface area contributed by atoms with Crippen LogP contribution in [-0.2, 0) is 14.3 Å². The van der Waals surface area contributed by atoms with Gasteiger partial charge in [-0.05, 0) is 30.7 Å². The van der Waals surface area contributed by atoms with Gasteiger partial charge in [0.25, 0.3) is 11.8 Å². The predicted octanol–water partition coefficient (Wildman–Crippen LogP) is 3.12. The van der Waals surface area contributed by atoms with Crippen LogP contribution < -0.4 is 20.1 Å². The van der Waals surface area contributed by atoms with E-state index in [1.165, 1.54) is 24.3 Å². The van der Waals surface area contributed by atoms with Crippen LogP contribution in [0.15, 0.2) is 36.4 Å². The molecule has 0 aliphatic carbocycles. The summed E-state index contributed by atoms with van der Waals surface area (Å²) in [5.41, 5.74) is -0.560. The van der Waals surface area contributed by atoms with E-state index in [0.717, 1.165) is 12.1 Å². The Balaban J connectivity index is 1.31. The summed E-state index contributed by atoms with van der Waals surface area (Å²) in [6.45, 7) is 0.395. The highest BCUT2D eigenvalue weighted by molar-refractivity contribution is 6.31. The minimum absolute atomic E-state index is 0.0333. The molecule has 7 nitrogen and oxygen atoms in total. The highest BCUT2D eigenvalue weighted by Gasteiger charge is 2.44. The van der Waals surface area contributed by atoms with Crippen molar-refractivity contribution in [3.05, 3.63) is 58.1 Å². The van der Waals surface area contributed by atoms with E-state index in [2.05, 4.69) is 10.6 Å². The molecule has 172 valence electrons. The number of benzene rings is 2. The van der Waals surface area contributed by atoms with Gasteiger partial charge in [0.15, 0.2) is 13.2 Å². The molecule has 2 aromatic carbocycles. The molecule has 2 N–H and O–H groups in total. The maximum absolute atomic E-state index is 13.4. The number of nitrogens with one attached hydrogen (secondary N) is 2. The number of epoxide rings is 1. The fourth-order valence-corrected chi connectivity index (χ4v) is 2.89. The maximum atomic E-state index is 13.4. The number of rotatable bonds is 11. The van der Waals surface area contributed by atoms with Gasteiger partial charge < -0.3 is 24.8 Å². The average Bonchev–Trinajstić information content (AvgIpc) is 3.54. The van der Waals surface area contributed by atoms with Crippen LogP contribution in [0.2, 0.25) is 10.0 Å². The van der Waals surface area contributed by atoms with E-state index in [1.54, 1.807) is 0 Å². The number of hydrogen-bond donors (Lipinski definition) is 2. The van der Waals surface area contributed by atoms with Gasteiger partial charge in [0.05, 0.1) is 16.7 Å². The summed E-state index contributed by atoms with van der Waals surface area (Å²) in [6, 6.07) is 7.78. The molecule has 0 spiro atoms. The van der Waals surface area contributed by atoms with Crippen molar-refractivity contribution < 1.29 is 32.6 Å². The number of halogens is 4. The van der Waals surface area contributed by atoms with Crippen LogP contribution in [-0.4, -0.2) is 50.3 Å². The Hall–Kier alpha value is -2.62. The molecule has 0 saturated carbocycles. The van der Waals surface area contributed by atoms with Crippen LogP contribution >= 0.6 is 23.2 Å². The number of hydrogen-bond acceptors (Lipinski definition) is 5. The summed E-state index contributed by atoms with van der Waals surface area (Å²) in [5.74, 6) is -1.68. The third-order valence-electron chi connectivity index (χ3n) is 4.59. The first-order valence-corrected chi connectivity index (χ1v) is 10.3. The molecular formula is C21H20Cl2F2N2O5. The zero-order chi connectivity index (χ0) is 23.1. The monoisotopic (exact) mass is 488 g/mol. The summed E-state index contributed by atoms with van der Waals surface area (Å²) < 4.78 is 42.6. The molecule has 2 amide bonds. The van der Waals surface area contributed by atoms with Gasteiger partial charge in [-0.1, -0.05) is 23.2 Å². The molecule has 0 radical (unpaired) electrons. The minimum Gasteiger partial charge on any atom is -0.484 e. The van der Waals surface area contributed by atoms with Gasteiger partial charge in [-0.3, -0.25) is 9.59 Å². The van der Waals surface area contributed by atoms with Gasteiger partial charge in [-0.2, -0.15) is 0 Å².